The highest BCUT2D eigenvalue weighted by molar-refractivity contribution is 5.91. The lowest BCUT2D eigenvalue weighted by Crippen LogP contribution is -2.55. The summed E-state index contributed by atoms with van der Waals surface area (Å²) in [5.74, 6) is -0.525. The fraction of sp³-hybridized carbons (Fsp3) is 0.529. The number of hydrogen-bond donors (Lipinski definition) is 3. The van der Waals surface area contributed by atoms with E-state index in [0.717, 1.165) is 0 Å². The zero-order valence-corrected chi connectivity index (χ0v) is 15.3. The van der Waals surface area contributed by atoms with Gasteiger partial charge in [-0.15, -0.1) is 0 Å². The van der Waals surface area contributed by atoms with Crippen molar-refractivity contribution >= 4 is 23.4 Å². The number of carbonyl (C=O) groups excluding carboxylic acids is 1. The van der Waals surface area contributed by atoms with Gasteiger partial charge in [0, 0.05) is 24.2 Å². The number of benzene rings is 1. The third-order valence-corrected chi connectivity index (χ3v) is 4.43. The summed E-state index contributed by atoms with van der Waals surface area (Å²) in [5.41, 5.74) is 0.0743. The summed E-state index contributed by atoms with van der Waals surface area (Å²) in [5, 5.41) is 25.2. The molecular weight excluding hydrogens is 356 g/mol. The first kappa shape index (κ1) is 20.4. The van der Waals surface area contributed by atoms with Crippen LogP contribution in [-0.4, -0.2) is 58.7 Å². The van der Waals surface area contributed by atoms with Crippen molar-refractivity contribution in [3.63, 3.8) is 0 Å². The molecule has 27 heavy (non-hydrogen) atoms. The van der Waals surface area contributed by atoms with Crippen LogP contribution < -0.4 is 15.4 Å². The van der Waals surface area contributed by atoms with Gasteiger partial charge in [0.15, 0.2) is 0 Å². The van der Waals surface area contributed by atoms with E-state index in [1.165, 1.54) is 18.2 Å². The summed E-state index contributed by atoms with van der Waals surface area (Å²) in [6.45, 7) is 4.63. The normalized spacial score (nSPS) is 18.5. The van der Waals surface area contributed by atoms with Gasteiger partial charge in [-0.1, -0.05) is 6.92 Å². The molecule has 2 amide bonds. The molecule has 1 aliphatic rings. The molecule has 1 fully saturated rings. The molecule has 0 atom stereocenters. The number of amides is 2. The van der Waals surface area contributed by atoms with E-state index in [-0.39, 0.29) is 30.0 Å². The van der Waals surface area contributed by atoms with Crippen LogP contribution in [0.4, 0.5) is 16.2 Å². The van der Waals surface area contributed by atoms with Gasteiger partial charge in [0.1, 0.15) is 5.75 Å². The summed E-state index contributed by atoms with van der Waals surface area (Å²) in [4.78, 5) is 35.3. The van der Waals surface area contributed by atoms with Gasteiger partial charge in [0.05, 0.1) is 23.8 Å². The monoisotopic (exact) mass is 380 g/mol. The first-order chi connectivity index (χ1) is 12.8. The maximum atomic E-state index is 12.2. The number of rotatable bonds is 9. The van der Waals surface area contributed by atoms with Gasteiger partial charge in [0.25, 0.3) is 5.69 Å². The molecule has 0 spiro atoms. The van der Waals surface area contributed by atoms with E-state index in [1.807, 2.05) is 11.8 Å². The molecule has 1 saturated carbocycles. The zero-order chi connectivity index (χ0) is 20.0. The van der Waals surface area contributed by atoms with Gasteiger partial charge < -0.3 is 20.5 Å². The number of nitrogens with zero attached hydrogens (tertiary/aromatic N) is 2. The van der Waals surface area contributed by atoms with Crippen LogP contribution in [0.25, 0.3) is 0 Å². The molecule has 0 heterocycles. The van der Waals surface area contributed by atoms with Crippen molar-refractivity contribution in [2.45, 2.75) is 38.8 Å². The minimum Gasteiger partial charge on any atom is -0.492 e. The number of carboxylic acids is 1. The number of nitro groups is 1. The number of urea groups is 1. The predicted molar refractivity (Wildman–Crippen MR) is 98.1 cm³/mol. The number of likely N-dealkylation sites (N-methyl/N-ethyl adjacent to an activating group) is 1. The van der Waals surface area contributed by atoms with Crippen LogP contribution in [0, 0.1) is 10.1 Å². The quantitative estimate of drug-likeness (QED) is 0.441. The summed E-state index contributed by atoms with van der Waals surface area (Å²) < 4.78 is 5.39. The molecule has 0 saturated heterocycles. The van der Waals surface area contributed by atoms with Gasteiger partial charge >= 0.3 is 12.0 Å². The maximum Gasteiger partial charge on any atom is 0.319 e. The summed E-state index contributed by atoms with van der Waals surface area (Å²) >= 11 is 0. The van der Waals surface area contributed by atoms with Crippen LogP contribution in [-0.2, 0) is 4.79 Å². The number of carboxylic acid groups (broad SMARTS) is 1. The summed E-state index contributed by atoms with van der Waals surface area (Å²) in [7, 11) is 0. The van der Waals surface area contributed by atoms with E-state index in [4.69, 9.17) is 9.84 Å². The van der Waals surface area contributed by atoms with E-state index in [1.54, 1.807) is 6.92 Å². The van der Waals surface area contributed by atoms with Crippen LogP contribution in [0.15, 0.2) is 18.2 Å². The van der Waals surface area contributed by atoms with Crippen molar-refractivity contribution in [1.82, 2.24) is 10.2 Å². The Morgan fingerprint density at radius 2 is 2.07 bits per heavy atom. The molecule has 0 aliphatic heterocycles. The Bertz CT molecular complexity index is 705. The SMILES string of the molecule is CCOc1ccc([N+](=O)[O-])cc1NC(=O)NC1CC(N(CC)CC(=O)O)C1. The van der Waals surface area contributed by atoms with E-state index in [0.29, 0.717) is 31.7 Å². The van der Waals surface area contributed by atoms with Crippen molar-refractivity contribution in [1.29, 1.82) is 0 Å². The van der Waals surface area contributed by atoms with E-state index in [9.17, 15) is 19.7 Å². The van der Waals surface area contributed by atoms with Crippen molar-refractivity contribution in [2.75, 3.05) is 25.0 Å². The number of carbonyl (C=O) groups is 2. The molecule has 10 heteroatoms. The second-order valence-electron chi connectivity index (χ2n) is 6.25. The second kappa shape index (κ2) is 9.17. The first-order valence-corrected chi connectivity index (χ1v) is 8.78. The first-order valence-electron chi connectivity index (χ1n) is 8.78. The minimum absolute atomic E-state index is 0.0223. The highest BCUT2D eigenvalue weighted by Crippen LogP contribution is 2.30. The van der Waals surface area contributed by atoms with Gasteiger partial charge in [-0.05, 0) is 32.4 Å². The smallest absolute Gasteiger partial charge is 0.319 e. The number of hydrogen-bond acceptors (Lipinski definition) is 6. The third kappa shape index (κ3) is 5.55. The topological polar surface area (TPSA) is 134 Å². The van der Waals surface area contributed by atoms with E-state index < -0.39 is 16.9 Å². The number of anilines is 1. The lowest BCUT2D eigenvalue weighted by molar-refractivity contribution is -0.384. The number of nitrogens with one attached hydrogen (secondary N) is 2. The number of nitro benzene ring substituents is 1. The van der Waals surface area contributed by atoms with Crippen molar-refractivity contribution < 1.29 is 24.4 Å². The standard InChI is InChI=1S/C17H24N4O6/c1-3-20(10-16(22)23)13-7-11(8-13)18-17(24)19-14-9-12(21(25)26)5-6-15(14)27-4-2/h5-6,9,11,13H,3-4,7-8,10H2,1-2H3,(H,22,23)(H2,18,19,24). The maximum absolute atomic E-state index is 12.2. The molecule has 0 aromatic heterocycles. The molecule has 0 bridgehead atoms. The highest BCUT2D eigenvalue weighted by Gasteiger charge is 2.34. The molecule has 3 N–H and O–H groups in total. The molecule has 1 aliphatic carbocycles. The average molecular weight is 380 g/mol. The number of aliphatic carboxylic acids is 1. The Kier molecular flexibility index (Phi) is 6.94. The number of ether oxygens (including phenoxy) is 1. The minimum atomic E-state index is -0.875. The van der Waals surface area contributed by atoms with Crippen molar-refractivity contribution in [3.05, 3.63) is 28.3 Å². The van der Waals surface area contributed by atoms with E-state index in [2.05, 4.69) is 10.6 Å². The van der Waals surface area contributed by atoms with Gasteiger partial charge in [0.2, 0.25) is 0 Å². The third-order valence-electron chi connectivity index (χ3n) is 4.43. The molecule has 148 valence electrons. The zero-order valence-electron chi connectivity index (χ0n) is 15.3. The van der Waals surface area contributed by atoms with Crippen LogP contribution in [0.5, 0.6) is 5.75 Å². The molecule has 0 unspecified atom stereocenters. The average Bonchev–Trinajstić information content (AvgIpc) is 2.57. The Morgan fingerprint density at radius 3 is 2.63 bits per heavy atom. The molecule has 10 nitrogen and oxygen atoms in total. The Hall–Kier alpha value is -2.88. The fourth-order valence-electron chi connectivity index (χ4n) is 3.03. The molecular formula is C17H24N4O6. The van der Waals surface area contributed by atoms with Crippen LogP contribution in [0.3, 0.4) is 0 Å². The lowest BCUT2D eigenvalue weighted by atomic mass is 9.85. The molecule has 2 rings (SSSR count). The lowest BCUT2D eigenvalue weighted by Gasteiger charge is -2.42. The van der Waals surface area contributed by atoms with Crippen LogP contribution in [0.2, 0.25) is 0 Å². The Labute approximate surface area is 156 Å². The van der Waals surface area contributed by atoms with Gasteiger partial charge in [-0.25, -0.2) is 4.79 Å². The predicted octanol–water partition coefficient (Wildman–Crippen LogP) is 2.05. The second-order valence-corrected chi connectivity index (χ2v) is 6.25. The largest absolute Gasteiger partial charge is 0.492 e. The molecule has 0 radical (unpaired) electrons. The summed E-state index contributed by atoms with van der Waals surface area (Å²) in [6, 6.07) is 3.56. The fourth-order valence-corrected chi connectivity index (χ4v) is 3.03. The number of non-ortho nitro benzene ring substituents is 1. The van der Waals surface area contributed by atoms with Gasteiger partial charge in [-0.3, -0.25) is 19.8 Å². The molecule has 1 aromatic carbocycles. The van der Waals surface area contributed by atoms with Crippen LogP contribution >= 0.6 is 0 Å². The van der Waals surface area contributed by atoms with Crippen molar-refractivity contribution in [3.8, 4) is 5.75 Å². The van der Waals surface area contributed by atoms with Crippen LogP contribution in [0.1, 0.15) is 26.7 Å². The molecule has 1 aromatic rings. The Balaban J connectivity index is 1.92. The van der Waals surface area contributed by atoms with Gasteiger partial charge in [-0.2, -0.15) is 0 Å². The highest BCUT2D eigenvalue weighted by atomic mass is 16.6. The van der Waals surface area contributed by atoms with E-state index >= 15 is 0 Å². The Morgan fingerprint density at radius 1 is 1.37 bits per heavy atom. The van der Waals surface area contributed by atoms with Crippen molar-refractivity contribution in [2.24, 2.45) is 0 Å². The summed E-state index contributed by atoms with van der Waals surface area (Å²) in [6.07, 6.45) is 1.31.